The first-order chi connectivity index (χ1) is 10.1. The largest absolute Gasteiger partial charge is 0.341 e. The number of nitrogens with zero attached hydrogens (tertiary/aromatic N) is 1. The highest BCUT2D eigenvalue weighted by Gasteiger charge is 2.23. The molecule has 2 rings (SSSR count). The maximum absolute atomic E-state index is 13.2. The van der Waals surface area contributed by atoms with E-state index >= 15 is 0 Å². The molecule has 0 spiro atoms. The number of rotatable bonds is 2. The minimum Gasteiger partial charge on any atom is -0.341 e. The molecule has 21 heavy (non-hydrogen) atoms. The molecular formula is C15H20FN3O2. The van der Waals surface area contributed by atoms with Gasteiger partial charge in [0.1, 0.15) is 5.82 Å². The summed E-state index contributed by atoms with van der Waals surface area (Å²) < 4.78 is 13.2. The summed E-state index contributed by atoms with van der Waals surface area (Å²) in [5, 5.41) is 5.80. The molecule has 1 saturated heterocycles. The second-order valence-corrected chi connectivity index (χ2v) is 5.15. The number of benzene rings is 1. The summed E-state index contributed by atoms with van der Waals surface area (Å²) in [6, 6.07) is 5.57. The van der Waals surface area contributed by atoms with Crippen molar-refractivity contribution in [1.29, 1.82) is 0 Å². The van der Waals surface area contributed by atoms with Crippen molar-refractivity contribution in [3.05, 3.63) is 35.6 Å². The van der Waals surface area contributed by atoms with Gasteiger partial charge in [-0.05, 0) is 37.6 Å². The van der Waals surface area contributed by atoms with Crippen LogP contribution in [0.25, 0.3) is 0 Å². The molecular weight excluding hydrogens is 273 g/mol. The predicted molar refractivity (Wildman–Crippen MR) is 77.0 cm³/mol. The van der Waals surface area contributed by atoms with Gasteiger partial charge in [0.15, 0.2) is 0 Å². The molecule has 0 aromatic heterocycles. The molecule has 1 unspecified atom stereocenters. The summed E-state index contributed by atoms with van der Waals surface area (Å²) in [6.07, 6.45) is 0.832. The molecule has 2 amide bonds. The molecule has 1 heterocycles. The fraction of sp³-hybridized carbons (Fsp3) is 0.467. The van der Waals surface area contributed by atoms with Gasteiger partial charge in [-0.1, -0.05) is 12.1 Å². The van der Waals surface area contributed by atoms with E-state index in [0.717, 1.165) is 13.0 Å². The number of hydrogen-bond donors (Lipinski definition) is 2. The number of carbonyl (C=O) groups excluding carboxylic acids is 2. The second kappa shape index (κ2) is 7.17. The van der Waals surface area contributed by atoms with Crippen LogP contribution >= 0.6 is 0 Å². The van der Waals surface area contributed by atoms with E-state index in [1.807, 2.05) is 0 Å². The standard InChI is InChI=1S/C15H20FN3O2/c1-11(12-4-2-5-13(16)10-12)18-14(20)15(21)19-8-3-6-17-7-9-19/h2,4-5,10-11,17H,3,6-9H2,1H3,(H,18,20). The number of hydrogen-bond acceptors (Lipinski definition) is 3. The second-order valence-electron chi connectivity index (χ2n) is 5.15. The van der Waals surface area contributed by atoms with Gasteiger partial charge in [0.2, 0.25) is 0 Å². The SMILES string of the molecule is CC(NC(=O)C(=O)N1CCCNCC1)c1cccc(F)c1. The average Bonchev–Trinajstić information content (AvgIpc) is 2.75. The van der Waals surface area contributed by atoms with Gasteiger partial charge in [0, 0.05) is 19.6 Å². The van der Waals surface area contributed by atoms with E-state index in [-0.39, 0.29) is 5.82 Å². The molecule has 1 aromatic carbocycles. The number of carbonyl (C=O) groups is 2. The molecule has 1 fully saturated rings. The fourth-order valence-corrected chi connectivity index (χ4v) is 2.31. The van der Waals surface area contributed by atoms with Crippen LogP contribution in [0.4, 0.5) is 4.39 Å². The number of nitrogens with one attached hydrogen (secondary N) is 2. The lowest BCUT2D eigenvalue weighted by Gasteiger charge is -2.21. The Morgan fingerprint density at radius 2 is 2.14 bits per heavy atom. The highest BCUT2D eigenvalue weighted by atomic mass is 19.1. The zero-order valence-electron chi connectivity index (χ0n) is 12.1. The summed E-state index contributed by atoms with van der Waals surface area (Å²) in [5.41, 5.74) is 0.633. The van der Waals surface area contributed by atoms with Crippen LogP contribution in [0.15, 0.2) is 24.3 Å². The lowest BCUT2D eigenvalue weighted by atomic mass is 10.1. The normalized spacial score (nSPS) is 17.0. The van der Waals surface area contributed by atoms with Crippen LogP contribution in [-0.2, 0) is 9.59 Å². The first kappa shape index (κ1) is 15.4. The van der Waals surface area contributed by atoms with E-state index in [4.69, 9.17) is 0 Å². The Labute approximate surface area is 123 Å². The molecule has 0 saturated carbocycles. The Morgan fingerprint density at radius 3 is 2.90 bits per heavy atom. The van der Waals surface area contributed by atoms with Crippen LogP contribution in [0.2, 0.25) is 0 Å². The third-order valence-electron chi connectivity index (χ3n) is 3.52. The van der Waals surface area contributed by atoms with Gasteiger partial charge in [-0.15, -0.1) is 0 Å². The van der Waals surface area contributed by atoms with Crippen LogP contribution < -0.4 is 10.6 Å². The van der Waals surface area contributed by atoms with E-state index in [0.29, 0.717) is 25.2 Å². The lowest BCUT2D eigenvalue weighted by Crippen LogP contribution is -2.45. The Kier molecular flexibility index (Phi) is 5.27. The van der Waals surface area contributed by atoms with Gasteiger partial charge in [0.05, 0.1) is 6.04 Å². The zero-order chi connectivity index (χ0) is 15.2. The van der Waals surface area contributed by atoms with Gasteiger partial charge in [0.25, 0.3) is 0 Å². The number of amides is 2. The topological polar surface area (TPSA) is 61.4 Å². The van der Waals surface area contributed by atoms with Crippen molar-refractivity contribution in [2.24, 2.45) is 0 Å². The molecule has 1 aromatic rings. The van der Waals surface area contributed by atoms with Crippen LogP contribution in [0.1, 0.15) is 24.9 Å². The molecule has 6 heteroatoms. The van der Waals surface area contributed by atoms with Crippen LogP contribution in [0.5, 0.6) is 0 Å². The van der Waals surface area contributed by atoms with Crippen molar-refractivity contribution in [1.82, 2.24) is 15.5 Å². The van der Waals surface area contributed by atoms with E-state index in [1.54, 1.807) is 24.0 Å². The zero-order valence-corrected chi connectivity index (χ0v) is 12.1. The van der Waals surface area contributed by atoms with Gasteiger partial charge < -0.3 is 15.5 Å². The van der Waals surface area contributed by atoms with E-state index in [2.05, 4.69) is 10.6 Å². The Balaban J connectivity index is 1.95. The molecule has 0 radical (unpaired) electrons. The molecule has 5 nitrogen and oxygen atoms in total. The monoisotopic (exact) mass is 293 g/mol. The van der Waals surface area contributed by atoms with Gasteiger partial charge in [-0.2, -0.15) is 0 Å². The minimum absolute atomic E-state index is 0.362. The Hall–Kier alpha value is -1.95. The van der Waals surface area contributed by atoms with Crippen molar-refractivity contribution < 1.29 is 14.0 Å². The maximum Gasteiger partial charge on any atom is 0.311 e. The third kappa shape index (κ3) is 4.26. The molecule has 1 aliphatic rings. The predicted octanol–water partition coefficient (Wildman–Crippen LogP) is 0.825. The van der Waals surface area contributed by atoms with Crippen molar-refractivity contribution >= 4 is 11.8 Å². The Bertz CT molecular complexity index is 513. The summed E-state index contributed by atoms with van der Waals surface area (Å²) in [6.45, 7) is 4.38. The van der Waals surface area contributed by atoms with E-state index < -0.39 is 17.9 Å². The summed E-state index contributed by atoms with van der Waals surface area (Å²) in [4.78, 5) is 25.7. The fourth-order valence-electron chi connectivity index (χ4n) is 2.31. The summed E-state index contributed by atoms with van der Waals surface area (Å²) in [5.74, 6) is -1.53. The van der Waals surface area contributed by atoms with Crippen molar-refractivity contribution in [3.8, 4) is 0 Å². The molecule has 0 aliphatic carbocycles. The van der Waals surface area contributed by atoms with E-state index in [9.17, 15) is 14.0 Å². The average molecular weight is 293 g/mol. The highest BCUT2D eigenvalue weighted by molar-refractivity contribution is 6.35. The third-order valence-corrected chi connectivity index (χ3v) is 3.52. The van der Waals surface area contributed by atoms with Crippen LogP contribution in [0.3, 0.4) is 0 Å². The smallest absolute Gasteiger partial charge is 0.311 e. The minimum atomic E-state index is -0.645. The van der Waals surface area contributed by atoms with Gasteiger partial charge >= 0.3 is 11.8 Å². The van der Waals surface area contributed by atoms with Crippen LogP contribution in [0, 0.1) is 5.82 Å². The van der Waals surface area contributed by atoms with Crippen molar-refractivity contribution in [2.45, 2.75) is 19.4 Å². The Morgan fingerprint density at radius 1 is 1.33 bits per heavy atom. The van der Waals surface area contributed by atoms with E-state index in [1.165, 1.54) is 12.1 Å². The first-order valence-electron chi connectivity index (χ1n) is 7.14. The highest BCUT2D eigenvalue weighted by Crippen LogP contribution is 2.13. The van der Waals surface area contributed by atoms with Gasteiger partial charge in [-0.3, -0.25) is 9.59 Å². The van der Waals surface area contributed by atoms with Gasteiger partial charge in [-0.25, -0.2) is 4.39 Å². The molecule has 114 valence electrons. The first-order valence-corrected chi connectivity index (χ1v) is 7.14. The van der Waals surface area contributed by atoms with Crippen molar-refractivity contribution in [3.63, 3.8) is 0 Å². The summed E-state index contributed by atoms with van der Waals surface area (Å²) >= 11 is 0. The number of halogens is 1. The van der Waals surface area contributed by atoms with Crippen LogP contribution in [-0.4, -0.2) is 42.9 Å². The summed E-state index contributed by atoms with van der Waals surface area (Å²) in [7, 11) is 0. The molecule has 1 aliphatic heterocycles. The maximum atomic E-state index is 13.2. The molecule has 1 atom stereocenters. The molecule has 2 N–H and O–H groups in total. The lowest BCUT2D eigenvalue weighted by molar-refractivity contribution is -0.146. The van der Waals surface area contributed by atoms with Crippen molar-refractivity contribution in [2.75, 3.05) is 26.2 Å². The quantitative estimate of drug-likeness (QED) is 0.794. The molecule has 0 bridgehead atoms.